The zero-order valence-corrected chi connectivity index (χ0v) is 40.5. The highest BCUT2D eigenvalue weighted by molar-refractivity contribution is 7.92. The number of hydrogen-bond donors (Lipinski definition) is 3. The van der Waals surface area contributed by atoms with Crippen LogP contribution in [0.4, 0.5) is 17.2 Å². The maximum atomic E-state index is 14.0. The van der Waals surface area contributed by atoms with E-state index in [0.717, 1.165) is 81.4 Å². The quantitative estimate of drug-likeness (QED) is 0.0800. The van der Waals surface area contributed by atoms with Crippen molar-refractivity contribution in [2.24, 2.45) is 21.6 Å². The minimum Gasteiger partial charge on any atom is -0.455 e. The van der Waals surface area contributed by atoms with Crippen molar-refractivity contribution in [1.82, 2.24) is 24.6 Å². The normalized spacial score (nSPS) is 22.6. The van der Waals surface area contributed by atoms with Crippen LogP contribution in [0.2, 0.25) is 0 Å². The molecule has 0 unspecified atom stereocenters. The van der Waals surface area contributed by atoms with Crippen molar-refractivity contribution in [3.63, 3.8) is 0 Å². The van der Waals surface area contributed by atoms with E-state index in [2.05, 4.69) is 65.2 Å². The molecule has 9 rings (SSSR count). The number of pyridine rings is 2. The van der Waals surface area contributed by atoms with Gasteiger partial charge in [-0.1, -0.05) is 26.0 Å². The summed E-state index contributed by atoms with van der Waals surface area (Å²) in [5, 5.41) is 16.0. The number of benzene rings is 1. The molecule has 67 heavy (non-hydrogen) atoms. The molecule has 5 heterocycles. The number of aromatic amines is 1. The predicted molar refractivity (Wildman–Crippen MR) is 262 cm³/mol. The second-order valence-corrected chi connectivity index (χ2v) is 24.2. The van der Waals surface area contributed by atoms with Gasteiger partial charge in [0, 0.05) is 83.4 Å². The van der Waals surface area contributed by atoms with E-state index in [0.29, 0.717) is 41.4 Å². The summed E-state index contributed by atoms with van der Waals surface area (Å²) in [6.45, 7) is 7.89. The molecule has 2 saturated carbocycles. The van der Waals surface area contributed by atoms with Crippen LogP contribution in [0, 0.1) is 27.4 Å². The van der Waals surface area contributed by atoms with Crippen molar-refractivity contribution in [3.8, 4) is 11.5 Å². The second kappa shape index (κ2) is 19.0. The zero-order valence-electron chi connectivity index (χ0n) is 38.9. The number of carbonyl (C=O) groups is 1. The monoisotopic (exact) mass is 953 g/mol. The molecule has 0 bridgehead atoms. The number of aromatic nitrogens is 3. The summed E-state index contributed by atoms with van der Waals surface area (Å²) in [6, 6.07) is 10.9. The van der Waals surface area contributed by atoms with Crippen LogP contribution < -0.4 is 19.7 Å². The van der Waals surface area contributed by atoms with Crippen LogP contribution >= 0.6 is 0 Å². The Morgan fingerprint density at radius 2 is 1.79 bits per heavy atom. The molecular formula is C49H63N9O7S2. The van der Waals surface area contributed by atoms with Gasteiger partial charge in [0.1, 0.15) is 22.0 Å². The standard InChI is InChI=1S/C49H63N9O7S2/c1-32(2)40-8-5-6-9-41(40)43-10-7-21-57(43)37-27-49(28-37)18-22-56(23-19-49)36-15-16-42(45(25-36)65-38-24-34-17-20-50-46(34)52-30-38)48(59)55-67(63,64)39-26-44(58(60)61)47(53-31-39)51-29-33-11-13-35(14-12-33)54-66(3,4)62/h5,8,15-17,20,24-26,30-33,35,37,43H,6-7,9-14,18-19,21-23,27-29H2,1-4H3,(H,50,52)(H,51,53)(H,55,59)/t33?,35?,43-/m0/s1. The first-order chi connectivity index (χ1) is 32.0. The Balaban J connectivity index is 0.881. The molecule has 358 valence electrons. The van der Waals surface area contributed by atoms with Gasteiger partial charge in [-0.05, 0) is 136 Å². The summed E-state index contributed by atoms with van der Waals surface area (Å²) in [5.74, 6) is 0.183. The molecule has 2 saturated heterocycles. The third kappa shape index (κ3) is 10.4. The fourth-order valence-electron chi connectivity index (χ4n) is 11.3. The van der Waals surface area contributed by atoms with Crippen molar-refractivity contribution in [2.75, 3.05) is 48.9 Å². The molecule has 3 aliphatic carbocycles. The average Bonchev–Trinajstić information content (AvgIpc) is 3.97. The molecule has 5 aliphatic rings. The van der Waals surface area contributed by atoms with Crippen molar-refractivity contribution in [2.45, 2.75) is 114 Å². The lowest BCUT2D eigenvalue weighted by Gasteiger charge is -2.56. The van der Waals surface area contributed by atoms with Crippen LogP contribution in [-0.2, 0) is 19.8 Å². The largest absolute Gasteiger partial charge is 0.455 e. The van der Waals surface area contributed by atoms with Crippen LogP contribution in [0.3, 0.4) is 0 Å². The van der Waals surface area contributed by atoms with Crippen LogP contribution in [0.1, 0.15) is 101 Å². The number of nitrogens with zero attached hydrogens (tertiary/aromatic N) is 6. The van der Waals surface area contributed by atoms with E-state index in [-0.39, 0.29) is 29.1 Å². The molecular weight excluding hydrogens is 891 g/mol. The average molecular weight is 954 g/mol. The SMILES string of the molecule is CC(C)C1=C([C@@H]2CCCN2C2CC3(CCN(c4ccc(C(=O)NS(=O)(=O)c5cnc(NCC6CCC(N=S(C)(C)=O)CC6)c([N+](=O)[O-])c5)c(Oc5cnc6[nH]ccc6c5)c4)CC3)C2)CCC=C1. The minimum atomic E-state index is -4.64. The van der Waals surface area contributed by atoms with Gasteiger partial charge >= 0.3 is 5.69 Å². The highest BCUT2D eigenvalue weighted by atomic mass is 32.2. The molecule has 1 aromatic carbocycles. The van der Waals surface area contributed by atoms with Gasteiger partial charge in [0.2, 0.25) is 5.82 Å². The third-order valence-electron chi connectivity index (χ3n) is 14.7. The summed E-state index contributed by atoms with van der Waals surface area (Å²) >= 11 is 0. The highest BCUT2D eigenvalue weighted by Crippen LogP contribution is 2.53. The molecule has 4 fully saturated rings. The third-order valence-corrected chi connectivity index (χ3v) is 16.8. The van der Waals surface area contributed by atoms with Gasteiger partial charge < -0.3 is 19.9 Å². The Morgan fingerprint density at radius 3 is 2.52 bits per heavy atom. The summed E-state index contributed by atoms with van der Waals surface area (Å²) in [6.07, 6.45) is 24.8. The lowest BCUT2D eigenvalue weighted by molar-refractivity contribution is -0.384. The van der Waals surface area contributed by atoms with Gasteiger partial charge in [-0.15, -0.1) is 0 Å². The lowest BCUT2D eigenvalue weighted by atomic mass is 9.59. The van der Waals surface area contributed by atoms with Crippen molar-refractivity contribution in [3.05, 3.63) is 94.0 Å². The number of H-pyrrole nitrogens is 1. The number of amides is 1. The molecule has 1 amide bonds. The first-order valence-electron chi connectivity index (χ1n) is 23.8. The summed E-state index contributed by atoms with van der Waals surface area (Å²) in [5.41, 5.74) is 4.48. The van der Waals surface area contributed by atoms with E-state index in [1.54, 1.807) is 48.1 Å². The molecule has 0 radical (unpaired) electrons. The Labute approximate surface area is 393 Å². The van der Waals surface area contributed by atoms with E-state index in [9.17, 15) is 27.5 Å². The number of carbonyl (C=O) groups excluding carboxylic acids is 1. The Bertz CT molecular complexity index is 2820. The summed E-state index contributed by atoms with van der Waals surface area (Å²) in [7, 11) is -6.84. The number of sulfonamides is 1. The van der Waals surface area contributed by atoms with Crippen LogP contribution in [0.15, 0.2) is 87.5 Å². The highest BCUT2D eigenvalue weighted by Gasteiger charge is 2.50. The first-order valence-corrected chi connectivity index (χ1v) is 27.6. The van der Waals surface area contributed by atoms with Crippen LogP contribution in [-0.4, -0.2) is 100 Å². The molecule has 3 aromatic heterocycles. The smallest absolute Gasteiger partial charge is 0.312 e. The van der Waals surface area contributed by atoms with Crippen molar-refractivity contribution >= 4 is 53.9 Å². The number of piperidine rings is 1. The van der Waals surface area contributed by atoms with E-state index >= 15 is 0 Å². The Morgan fingerprint density at radius 1 is 1.01 bits per heavy atom. The number of anilines is 2. The van der Waals surface area contributed by atoms with E-state index in [1.165, 1.54) is 44.8 Å². The number of fused-ring (bicyclic) bond motifs is 1. The fraction of sp³-hybridized carbons (Fsp3) is 0.531. The van der Waals surface area contributed by atoms with E-state index < -0.39 is 41.2 Å². The topological polar surface area (TPSA) is 205 Å². The molecule has 16 nitrogen and oxygen atoms in total. The molecule has 3 N–H and O–H groups in total. The van der Waals surface area contributed by atoms with E-state index in [1.807, 2.05) is 12.1 Å². The van der Waals surface area contributed by atoms with Crippen molar-refractivity contribution < 1.29 is 27.1 Å². The number of ether oxygens (including phenoxy) is 1. The predicted octanol–water partition coefficient (Wildman–Crippen LogP) is 8.99. The van der Waals surface area contributed by atoms with Gasteiger partial charge in [0.05, 0.1) is 28.9 Å². The first kappa shape index (κ1) is 46.8. The van der Waals surface area contributed by atoms with Gasteiger partial charge in [-0.25, -0.2) is 27.5 Å². The maximum absolute atomic E-state index is 14.0. The van der Waals surface area contributed by atoms with Crippen LogP contribution in [0.25, 0.3) is 11.0 Å². The number of allylic oxidation sites excluding steroid dienone is 3. The summed E-state index contributed by atoms with van der Waals surface area (Å²) in [4.78, 5) is 41.8. The number of nitrogens with one attached hydrogen (secondary N) is 3. The Kier molecular flexibility index (Phi) is 13.3. The van der Waals surface area contributed by atoms with E-state index in [4.69, 9.17) is 4.74 Å². The van der Waals surface area contributed by atoms with Crippen molar-refractivity contribution in [1.29, 1.82) is 0 Å². The van der Waals surface area contributed by atoms with Gasteiger partial charge in [-0.2, -0.15) is 0 Å². The minimum absolute atomic E-state index is 0.0231. The summed E-state index contributed by atoms with van der Waals surface area (Å²) < 4.78 is 52.6. The van der Waals surface area contributed by atoms with Crippen LogP contribution in [0.5, 0.6) is 11.5 Å². The second-order valence-electron chi connectivity index (χ2n) is 20.0. The number of nitro groups is 1. The molecule has 1 spiro atoms. The molecule has 2 aliphatic heterocycles. The Hall–Kier alpha value is -5.33. The maximum Gasteiger partial charge on any atom is 0.312 e. The lowest BCUT2D eigenvalue weighted by Crippen LogP contribution is -2.56. The number of hydrogen-bond acceptors (Lipinski definition) is 13. The zero-order chi connectivity index (χ0) is 47.1. The van der Waals surface area contributed by atoms with Gasteiger partial charge in [-0.3, -0.25) is 24.0 Å². The fourth-order valence-corrected chi connectivity index (χ4v) is 13.1. The number of likely N-dealkylation sites (tertiary alicyclic amines) is 1. The molecule has 18 heteroatoms. The van der Waals surface area contributed by atoms with Gasteiger partial charge in [0.25, 0.3) is 15.9 Å². The number of rotatable bonds is 14. The molecule has 4 aromatic rings. The van der Waals surface area contributed by atoms with Gasteiger partial charge in [0.15, 0.2) is 0 Å². The molecule has 1 atom stereocenters.